The van der Waals surface area contributed by atoms with Gasteiger partial charge in [-0.25, -0.2) is 5.01 Å². The van der Waals surface area contributed by atoms with Gasteiger partial charge in [0, 0.05) is 13.0 Å². The molecule has 0 aliphatic carbocycles. The molecule has 0 aromatic heterocycles. The van der Waals surface area contributed by atoms with Crippen molar-refractivity contribution < 1.29 is 19.8 Å². The second-order valence-electron chi connectivity index (χ2n) is 7.39. The summed E-state index contributed by atoms with van der Waals surface area (Å²) in [6.07, 6.45) is 15.1. The first-order valence-electron chi connectivity index (χ1n) is 11.0. The number of amides is 2. The predicted octanol–water partition coefficient (Wildman–Crippen LogP) is 4.05. The number of aliphatic hydroxyl groups excluding tert-OH is 1. The van der Waals surface area contributed by atoms with Crippen LogP contribution in [0.1, 0.15) is 110 Å². The van der Waals surface area contributed by atoms with Crippen molar-refractivity contribution in [3.63, 3.8) is 0 Å². The number of carbonyl (C=O) groups excluding carboxylic acids is 2. The highest BCUT2D eigenvalue weighted by Gasteiger charge is 2.20. The third kappa shape index (κ3) is 15.6. The van der Waals surface area contributed by atoms with Gasteiger partial charge in [0.05, 0.1) is 0 Å². The van der Waals surface area contributed by atoms with Crippen molar-refractivity contribution in [3.05, 3.63) is 0 Å². The maximum absolute atomic E-state index is 11.9. The van der Waals surface area contributed by atoms with Crippen LogP contribution in [0.4, 0.5) is 0 Å². The molecular weight excluding hydrogens is 344 g/mol. The third-order valence-electron chi connectivity index (χ3n) is 4.70. The largest absolute Gasteiger partial charge is 0.361 e. The zero-order valence-corrected chi connectivity index (χ0v) is 17.5. The number of hydrazine groups is 1. The molecule has 0 unspecified atom stereocenters. The molecule has 0 aromatic rings. The number of nitrogens with zero attached hydrogens (tertiary/aromatic N) is 1. The molecule has 2 amide bonds. The van der Waals surface area contributed by atoms with Gasteiger partial charge in [-0.05, 0) is 12.8 Å². The Morgan fingerprint density at radius 2 is 1.19 bits per heavy atom. The van der Waals surface area contributed by atoms with Crippen LogP contribution >= 0.6 is 0 Å². The smallest absolute Gasteiger partial charge is 0.297 e. The van der Waals surface area contributed by atoms with Crippen LogP contribution in [-0.4, -0.2) is 39.9 Å². The van der Waals surface area contributed by atoms with Crippen molar-refractivity contribution in [2.24, 2.45) is 0 Å². The summed E-state index contributed by atoms with van der Waals surface area (Å²) in [4.78, 5) is 23.5. The minimum atomic E-state index is -2.09. The highest BCUT2D eigenvalue weighted by molar-refractivity contribution is 5.83. The monoisotopic (exact) mass is 386 g/mol. The molecule has 0 spiro atoms. The summed E-state index contributed by atoms with van der Waals surface area (Å²) in [5, 5.41) is 18.9. The van der Waals surface area contributed by atoms with Crippen molar-refractivity contribution in [2.45, 2.75) is 116 Å². The van der Waals surface area contributed by atoms with Crippen LogP contribution < -0.4 is 5.43 Å². The summed E-state index contributed by atoms with van der Waals surface area (Å²) in [5.41, 5.74) is 2.47. The van der Waals surface area contributed by atoms with Crippen molar-refractivity contribution >= 4 is 11.8 Å². The van der Waals surface area contributed by atoms with E-state index in [-0.39, 0.29) is 12.5 Å². The summed E-state index contributed by atoms with van der Waals surface area (Å²) in [6, 6.07) is 0. The summed E-state index contributed by atoms with van der Waals surface area (Å²) in [5.74, 6) is -1.14. The van der Waals surface area contributed by atoms with E-state index >= 15 is 0 Å². The molecule has 0 aliphatic heterocycles. The Bertz CT molecular complexity index is 375. The van der Waals surface area contributed by atoms with Gasteiger partial charge in [0.1, 0.15) is 0 Å². The Hall–Kier alpha value is -1.14. The number of hydrogen-bond donors (Lipinski definition) is 3. The van der Waals surface area contributed by atoms with Crippen molar-refractivity contribution in [1.29, 1.82) is 0 Å². The number of nitrogens with one attached hydrogen (secondary N) is 1. The fraction of sp³-hybridized carbons (Fsp3) is 0.905. The molecular formula is C21H42N2O4. The summed E-state index contributed by atoms with van der Waals surface area (Å²) in [6.45, 7) is 4.36. The van der Waals surface area contributed by atoms with Gasteiger partial charge in [0.2, 0.25) is 12.2 Å². The number of carbonyl (C=O) groups is 2. The van der Waals surface area contributed by atoms with Crippen LogP contribution in [0, 0.1) is 0 Å². The van der Waals surface area contributed by atoms with E-state index in [0.717, 1.165) is 24.3 Å². The van der Waals surface area contributed by atoms with E-state index in [4.69, 9.17) is 10.2 Å². The van der Waals surface area contributed by atoms with E-state index < -0.39 is 12.2 Å². The molecule has 0 bridgehead atoms. The lowest BCUT2D eigenvalue weighted by Crippen LogP contribution is -2.50. The van der Waals surface area contributed by atoms with Gasteiger partial charge in [0.15, 0.2) is 0 Å². The fourth-order valence-electron chi connectivity index (χ4n) is 3.09. The first-order valence-corrected chi connectivity index (χ1v) is 11.0. The Kier molecular flexibility index (Phi) is 17.5. The summed E-state index contributed by atoms with van der Waals surface area (Å²) >= 11 is 0. The predicted molar refractivity (Wildman–Crippen MR) is 109 cm³/mol. The molecule has 0 atom stereocenters. The Morgan fingerprint density at radius 1 is 0.741 bits per heavy atom. The molecule has 6 heteroatoms. The van der Waals surface area contributed by atoms with Crippen molar-refractivity contribution in [2.75, 3.05) is 6.54 Å². The maximum Gasteiger partial charge on any atom is 0.297 e. The van der Waals surface area contributed by atoms with E-state index in [9.17, 15) is 9.59 Å². The Balaban J connectivity index is 3.55. The van der Waals surface area contributed by atoms with Gasteiger partial charge in [0.25, 0.3) is 5.91 Å². The molecule has 0 fully saturated rings. The van der Waals surface area contributed by atoms with Gasteiger partial charge >= 0.3 is 0 Å². The SMILES string of the molecule is CCCCCCCCCCCCCCCC(=O)NN(CCC)C(=O)C(O)O. The molecule has 0 saturated heterocycles. The van der Waals surface area contributed by atoms with Crippen LogP contribution in [0.15, 0.2) is 0 Å². The van der Waals surface area contributed by atoms with E-state index in [1.54, 1.807) is 0 Å². The van der Waals surface area contributed by atoms with E-state index in [2.05, 4.69) is 12.3 Å². The van der Waals surface area contributed by atoms with Gasteiger partial charge < -0.3 is 10.2 Å². The van der Waals surface area contributed by atoms with Crippen LogP contribution in [0.5, 0.6) is 0 Å². The normalized spacial score (nSPS) is 11.0. The van der Waals surface area contributed by atoms with Crippen molar-refractivity contribution in [3.8, 4) is 0 Å². The quantitative estimate of drug-likeness (QED) is 0.200. The topological polar surface area (TPSA) is 89.9 Å². The van der Waals surface area contributed by atoms with Crippen LogP contribution in [-0.2, 0) is 9.59 Å². The van der Waals surface area contributed by atoms with Gasteiger partial charge in [-0.15, -0.1) is 0 Å². The third-order valence-corrected chi connectivity index (χ3v) is 4.70. The highest BCUT2D eigenvalue weighted by atomic mass is 16.5. The Morgan fingerprint density at radius 3 is 1.59 bits per heavy atom. The zero-order chi connectivity index (χ0) is 20.3. The second kappa shape index (κ2) is 18.2. The summed E-state index contributed by atoms with van der Waals surface area (Å²) < 4.78 is 0. The standard InChI is InChI=1S/C21H42N2O4/c1-3-5-6-7-8-9-10-11-12-13-14-15-16-17-19(24)22-23(18-4-2)20(25)21(26)27/h21,26-27H,3-18H2,1-2H3,(H,22,24). The van der Waals surface area contributed by atoms with Gasteiger partial charge in [-0.3, -0.25) is 15.0 Å². The molecule has 160 valence electrons. The average Bonchev–Trinajstić information content (AvgIpc) is 2.64. The lowest BCUT2D eigenvalue weighted by Gasteiger charge is -2.23. The second-order valence-corrected chi connectivity index (χ2v) is 7.39. The van der Waals surface area contributed by atoms with Crippen LogP contribution in [0.2, 0.25) is 0 Å². The molecule has 0 radical (unpaired) electrons. The van der Waals surface area contributed by atoms with E-state index in [1.165, 1.54) is 64.2 Å². The fourth-order valence-corrected chi connectivity index (χ4v) is 3.09. The number of unbranched alkanes of at least 4 members (excludes halogenated alkanes) is 12. The number of hydrogen-bond acceptors (Lipinski definition) is 4. The molecule has 0 saturated carbocycles. The molecule has 0 aliphatic rings. The minimum Gasteiger partial charge on any atom is -0.361 e. The summed E-state index contributed by atoms with van der Waals surface area (Å²) in [7, 11) is 0. The molecule has 0 rings (SSSR count). The molecule has 0 heterocycles. The highest BCUT2D eigenvalue weighted by Crippen LogP contribution is 2.13. The lowest BCUT2D eigenvalue weighted by atomic mass is 10.0. The van der Waals surface area contributed by atoms with Crippen LogP contribution in [0.3, 0.4) is 0 Å². The molecule has 27 heavy (non-hydrogen) atoms. The van der Waals surface area contributed by atoms with E-state index in [1.807, 2.05) is 6.92 Å². The molecule has 6 nitrogen and oxygen atoms in total. The maximum atomic E-state index is 11.9. The first kappa shape index (κ1) is 25.9. The zero-order valence-electron chi connectivity index (χ0n) is 17.5. The van der Waals surface area contributed by atoms with Gasteiger partial charge in [-0.2, -0.15) is 0 Å². The number of aliphatic hydroxyl groups is 2. The average molecular weight is 387 g/mol. The lowest BCUT2D eigenvalue weighted by molar-refractivity contribution is -0.164. The van der Waals surface area contributed by atoms with Crippen LogP contribution in [0.25, 0.3) is 0 Å². The molecule has 3 N–H and O–H groups in total. The van der Waals surface area contributed by atoms with E-state index in [0.29, 0.717) is 12.8 Å². The first-order chi connectivity index (χ1) is 13.0. The minimum absolute atomic E-state index is 0.250. The van der Waals surface area contributed by atoms with Crippen molar-refractivity contribution in [1.82, 2.24) is 10.4 Å². The number of rotatable bonds is 17. The molecule has 0 aromatic carbocycles. The Labute approximate surface area is 165 Å². The van der Waals surface area contributed by atoms with Gasteiger partial charge in [-0.1, -0.05) is 90.9 Å².